The number of aliphatic imine (C=N–C) groups is 1. The molecular weight excluding hydrogens is 200 g/mol. The summed E-state index contributed by atoms with van der Waals surface area (Å²) in [7, 11) is 1.65. The van der Waals surface area contributed by atoms with E-state index in [4.69, 9.17) is 4.74 Å². The largest absolute Gasteiger partial charge is 0.497 e. The van der Waals surface area contributed by atoms with E-state index in [0.717, 1.165) is 17.0 Å². The molecule has 3 nitrogen and oxygen atoms in total. The summed E-state index contributed by atoms with van der Waals surface area (Å²) in [6.07, 6.45) is 5.25. The number of hydrogen-bond acceptors (Lipinski definition) is 3. The molecule has 0 aliphatic heterocycles. The Kier molecular flexibility index (Phi) is 3.28. The van der Waals surface area contributed by atoms with Crippen LogP contribution in [-0.4, -0.2) is 18.3 Å². The summed E-state index contributed by atoms with van der Waals surface area (Å²) in [5.74, 6) is 0.846. The zero-order chi connectivity index (χ0) is 11.2. The number of ether oxygens (including phenoxy) is 1. The van der Waals surface area contributed by atoms with Crippen molar-refractivity contribution >= 4 is 11.9 Å². The Morgan fingerprint density at radius 2 is 2.00 bits per heavy atom. The van der Waals surface area contributed by atoms with Crippen molar-refractivity contribution < 1.29 is 4.74 Å². The van der Waals surface area contributed by atoms with Crippen LogP contribution in [0.5, 0.6) is 5.75 Å². The Bertz CT molecular complexity index is 463. The molecule has 3 heteroatoms. The predicted molar refractivity (Wildman–Crippen MR) is 64.5 cm³/mol. The summed E-state index contributed by atoms with van der Waals surface area (Å²) in [6, 6.07) is 11.5. The fraction of sp³-hybridized carbons (Fsp3) is 0.0769. The molecule has 0 radical (unpaired) electrons. The highest BCUT2D eigenvalue weighted by Crippen LogP contribution is 2.11. The van der Waals surface area contributed by atoms with Crippen molar-refractivity contribution in [2.24, 2.45) is 4.99 Å². The van der Waals surface area contributed by atoms with Crippen molar-refractivity contribution in [1.29, 1.82) is 0 Å². The van der Waals surface area contributed by atoms with Gasteiger partial charge in [0.2, 0.25) is 0 Å². The van der Waals surface area contributed by atoms with Gasteiger partial charge in [0, 0.05) is 12.4 Å². The minimum Gasteiger partial charge on any atom is -0.497 e. The van der Waals surface area contributed by atoms with Crippen molar-refractivity contribution in [3.63, 3.8) is 0 Å². The van der Waals surface area contributed by atoms with Gasteiger partial charge in [-0.25, -0.2) is 0 Å². The zero-order valence-corrected chi connectivity index (χ0v) is 9.00. The van der Waals surface area contributed by atoms with Crippen LogP contribution in [0.25, 0.3) is 0 Å². The van der Waals surface area contributed by atoms with Gasteiger partial charge in [-0.3, -0.25) is 9.98 Å². The number of nitrogens with zero attached hydrogens (tertiary/aromatic N) is 2. The molecule has 16 heavy (non-hydrogen) atoms. The SMILES string of the molecule is COc1ccc(C=Nc2cccnc2)cc1. The van der Waals surface area contributed by atoms with Gasteiger partial charge in [0.15, 0.2) is 0 Å². The van der Waals surface area contributed by atoms with Gasteiger partial charge in [-0.1, -0.05) is 0 Å². The third kappa shape index (κ3) is 2.67. The molecule has 0 aliphatic rings. The molecule has 0 atom stereocenters. The Labute approximate surface area is 94.4 Å². The van der Waals surface area contributed by atoms with E-state index in [-0.39, 0.29) is 0 Å². The molecule has 0 bridgehead atoms. The Morgan fingerprint density at radius 1 is 1.19 bits per heavy atom. The van der Waals surface area contributed by atoms with Crippen molar-refractivity contribution in [3.8, 4) is 5.75 Å². The lowest BCUT2D eigenvalue weighted by Gasteiger charge is -1.98. The molecule has 0 spiro atoms. The minimum atomic E-state index is 0.846. The predicted octanol–water partition coefficient (Wildman–Crippen LogP) is 2.84. The molecule has 80 valence electrons. The average Bonchev–Trinajstić information content (AvgIpc) is 2.38. The van der Waals surface area contributed by atoms with E-state index < -0.39 is 0 Å². The molecule has 0 amide bonds. The van der Waals surface area contributed by atoms with Crippen LogP contribution < -0.4 is 4.74 Å². The molecule has 0 N–H and O–H groups in total. The van der Waals surface area contributed by atoms with Gasteiger partial charge in [0.25, 0.3) is 0 Å². The maximum absolute atomic E-state index is 5.08. The van der Waals surface area contributed by atoms with Crippen LogP contribution in [0.4, 0.5) is 5.69 Å². The number of pyridine rings is 1. The normalized spacial score (nSPS) is 10.6. The Morgan fingerprint density at radius 3 is 2.62 bits per heavy atom. The molecule has 2 rings (SSSR count). The first-order valence-electron chi connectivity index (χ1n) is 4.96. The summed E-state index contributed by atoms with van der Waals surface area (Å²) >= 11 is 0. The molecule has 1 heterocycles. The first kappa shape index (κ1) is 10.4. The lowest BCUT2D eigenvalue weighted by molar-refractivity contribution is 0.415. The maximum Gasteiger partial charge on any atom is 0.118 e. The van der Waals surface area contributed by atoms with Crippen LogP contribution in [0.3, 0.4) is 0 Å². The number of benzene rings is 1. The molecule has 0 saturated carbocycles. The summed E-state index contributed by atoms with van der Waals surface area (Å²) in [5.41, 5.74) is 1.88. The van der Waals surface area contributed by atoms with E-state index in [9.17, 15) is 0 Å². The zero-order valence-electron chi connectivity index (χ0n) is 9.00. The van der Waals surface area contributed by atoms with Crippen molar-refractivity contribution in [2.75, 3.05) is 7.11 Å². The summed E-state index contributed by atoms with van der Waals surface area (Å²) in [6.45, 7) is 0. The quantitative estimate of drug-likeness (QED) is 0.733. The molecule has 0 aliphatic carbocycles. The number of aromatic nitrogens is 1. The molecule has 2 aromatic rings. The second-order valence-corrected chi connectivity index (χ2v) is 3.24. The third-order valence-corrected chi connectivity index (χ3v) is 2.12. The Hall–Kier alpha value is -2.16. The first-order chi connectivity index (χ1) is 7.88. The van der Waals surface area contributed by atoms with Gasteiger partial charge in [0.05, 0.1) is 19.0 Å². The van der Waals surface area contributed by atoms with Crippen LogP contribution >= 0.6 is 0 Å². The average molecular weight is 212 g/mol. The first-order valence-corrected chi connectivity index (χ1v) is 4.96. The summed E-state index contributed by atoms with van der Waals surface area (Å²) in [4.78, 5) is 8.29. The number of methoxy groups -OCH3 is 1. The highest BCUT2D eigenvalue weighted by molar-refractivity contribution is 5.81. The molecule has 1 aromatic carbocycles. The van der Waals surface area contributed by atoms with Gasteiger partial charge < -0.3 is 4.74 Å². The minimum absolute atomic E-state index is 0.846. The lowest BCUT2D eigenvalue weighted by atomic mass is 10.2. The molecule has 0 fully saturated rings. The monoisotopic (exact) mass is 212 g/mol. The molecule has 0 saturated heterocycles. The van der Waals surface area contributed by atoms with E-state index in [2.05, 4.69) is 9.98 Å². The highest BCUT2D eigenvalue weighted by Gasteiger charge is 1.91. The summed E-state index contributed by atoms with van der Waals surface area (Å²) in [5, 5.41) is 0. The molecule has 0 unspecified atom stereocenters. The van der Waals surface area contributed by atoms with Crippen LogP contribution in [-0.2, 0) is 0 Å². The van der Waals surface area contributed by atoms with E-state index in [1.165, 1.54) is 0 Å². The lowest BCUT2D eigenvalue weighted by Crippen LogP contribution is -1.84. The van der Waals surface area contributed by atoms with E-state index in [0.29, 0.717) is 0 Å². The van der Waals surface area contributed by atoms with E-state index in [1.807, 2.05) is 36.4 Å². The van der Waals surface area contributed by atoms with Crippen molar-refractivity contribution in [3.05, 3.63) is 54.4 Å². The fourth-order valence-corrected chi connectivity index (χ4v) is 1.27. The fourth-order valence-electron chi connectivity index (χ4n) is 1.27. The van der Waals surface area contributed by atoms with Crippen LogP contribution in [0.1, 0.15) is 5.56 Å². The van der Waals surface area contributed by atoms with Crippen LogP contribution in [0.15, 0.2) is 53.8 Å². The standard InChI is InChI=1S/C13H12N2O/c1-16-13-6-4-11(5-7-13)9-15-12-3-2-8-14-10-12/h2-10H,1H3. The van der Waals surface area contributed by atoms with E-state index >= 15 is 0 Å². The molecule has 1 aromatic heterocycles. The smallest absolute Gasteiger partial charge is 0.118 e. The van der Waals surface area contributed by atoms with Gasteiger partial charge in [-0.2, -0.15) is 0 Å². The van der Waals surface area contributed by atoms with Crippen molar-refractivity contribution in [1.82, 2.24) is 4.98 Å². The number of rotatable bonds is 3. The topological polar surface area (TPSA) is 34.5 Å². The Balaban J connectivity index is 2.12. The third-order valence-electron chi connectivity index (χ3n) is 2.12. The summed E-state index contributed by atoms with van der Waals surface area (Å²) < 4.78 is 5.08. The van der Waals surface area contributed by atoms with Crippen molar-refractivity contribution in [2.45, 2.75) is 0 Å². The van der Waals surface area contributed by atoms with Crippen LogP contribution in [0, 0.1) is 0 Å². The highest BCUT2D eigenvalue weighted by atomic mass is 16.5. The second-order valence-electron chi connectivity index (χ2n) is 3.24. The van der Waals surface area contributed by atoms with E-state index in [1.54, 1.807) is 25.7 Å². The van der Waals surface area contributed by atoms with Gasteiger partial charge in [-0.05, 0) is 42.0 Å². The van der Waals surface area contributed by atoms with Crippen LogP contribution in [0.2, 0.25) is 0 Å². The molecular formula is C13H12N2O. The second kappa shape index (κ2) is 5.07. The van der Waals surface area contributed by atoms with Gasteiger partial charge >= 0.3 is 0 Å². The maximum atomic E-state index is 5.08. The van der Waals surface area contributed by atoms with Gasteiger partial charge in [0.1, 0.15) is 5.75 Å². The number of hydrogen-bond donors (Lipinski definition) is 0. The van der Waals surface area contributed by atoms with Gasteiger partial charge in [-0.15, -0.1) is 0 Å².